The molecule has 0 bridgehead atoms. The van der Waals surface area contributed by atoms with Crippen molar-refractivity contribution in [3.8, 4) is 11.8 Å². The van der Waals surface area contributed by atoms with Crippen LogP contribution in [0.4, 0.5) is 11.4 Å². The Kier molecular flexibility index (Phi) is 59.3. The molecule has 470 valence electrons. The second-order valence-corrected chi connectivity index (χ2v) is 24.9. The van der Waals surface area contributed by atoms with Gasteiger partial charge in [-0.2, -0.15) is 0 Å². The molecule has 0 atom stereocenters. The topological polar surface area (TPSA) is 24.7 Å². The first-order chi connectivity index (χ1) is 40.2. The average molecular weight is 1170 g/mol. The van der Waals surface area contributed by atoms with Crippen molar-refractivity contribution < 1.29 is 16.5 Å². The number of unbranched alkanes of at least 4 members (excludes halogenated alkanes) is 46. The number of nitrogens with zero attached hydrogens (tertiary/aromatic N) is 2. The summed E-state index contributed by atoms with van der Waals surface area (Å²) >= 11 is 0. The average Bonchev–Trinajstić information content (AvgIpc) is 3.48. The Bertz CT molecular complexity index is 1840. The molecule has 0 aromatic heterocycles. The van der Waals surface area contributed by atoms with Crippen molar-refractivity contribution in [1.82, 2.24) is 0 Å². The summed E-state index contributed by atoms with van der Waals surface area (Å²) < 4.78 is 0. The van der Waals surface area contributed by atoms with Crippen LogP contribution in [0.15, 0.2) is 82.8 Å². The van der Waals surface area contributed by atoms with E-state index >= 15 is 0 Å². The van der Waals surface area contributed by atoms with Gasteiger partial charge in [0.2, 0.25) is 0 Å². The molecule has 0 saturated carbocycles. The summed E-state index contributed by atoms with van der Waals surface area (Å²) in [5.41, 5.74) is 6.75. The molecule has 0 unspecified atom stereocenters. The molecule has 82 heavy (non-hydrogen) atoms. The van der Waals surface area contributed by atoms with Crippen molar-refractivity contribution in [1.29, 1.82) is 0 Å². The molecular formula is C79H134N2Ni. The van der Waals surface area contributed by atoms with E-state index in [2.05, 4.69) is 112 Å². The van der Waals surface area contributed by atoms with E-state index in [1.165, 1.54) is 294 Å². The molecule has 0 amide bonds. The summed E-state index contributed by atoms with van der Waals surface area (Å²) in [4.78, 5) is 11.0. The fraction of sp³-hybridized carbons (Fsp3) is 0.747. The third-order valence-corrected chi connectivity index (χ3v) is 17.0. The second kappa shape index (κ2) is 62.8. The number of benzene rings is 2. The van der Waals surface area contributed by atoms with E-state index in [9.17, 15) is 0 Å². The Hall–Kier alpha value is -2.69. The molecule has 0 spiro atoms. The first kappa shape index (κ1) is 77.3. The molecule has 0 fully saturated rings. The molecule has 0 aliphatic carbocycles. The van der Waals surface area contributed by atoms with Crippen molar-refractivity contribution in [3.63, 3.8) is 0 Å². The van der Waals surface area contributed by atoms with Gasteiger partial charge in [0.25, 0.3) is 0 Å². The van der Waals surface area contributed by atoms with Crippen LogP contribution < -0.4 is 0 Å². The van der Waals surface area contributed by atoms with E-state index in [4.69, 9.17) is 9.98 Å². The predicted molar refractivity (Wildman–Crippen MR) is 368 cm³/mol. The molecule has 2 aromatic carbocycles. The minimum Gasteiger partial charge on any atom is -0.250 e. The Labute approximate surface area is 522 Å². The molecule has 0 aliphatic heterocycles. The molecule has 0 saturated heterocycles. The van der Waals surface area contributed by atoms with E-state index in [0.717, 1.165) is 93.4 Å². The summed E-state index contributed by atoms with van der Waals surface area (Å²) in [6.45, 7) is 9.21. The van der Waals surface area contributed by atoms with Crippen LogP contribution in [-0.4, -0.2) is 11.4 Å². The van der Waals surface area contributed by atoms with Gasteiger partial charge in [0.05, 0.1) is 17.1 Å². The molecule has 2 nitrogen and oxygen atoms in total. The first-order valence-corrected chi connectivity index (χ1v) is 36.3. The zero-order valence-electron chi connectivity index (χ0n) is 55.0. The largest absolute Gasteiger partial charge is 0.250 e. The van der Waals surface area contributed by atoms with Crippen LogP contribution in [0.5, 0.6) is 0 Å². The van der Waals surface area contributed by atoms with Crippen LogP contribution in [0.1, 0.15) is 379 Å². The monoisotopic (exact) mass is 1170 g/mol. The van der Waals surface area contributed by atoms with Crippen molar-refractivity contribution in [2.75, 3.05) is 0 Å². The minimum atomic E-state index is 0. The van der Waals surface area contributed by atoms with E-state index < -0.39 is 0 Å². The van der Waals surface area contributed by atoms with Gasteiger partial charge in [0, 0.05) is 22.9 Å². The van der Waals surface area contributed by atoms with Crippen LogP contribution >= 0.6 is 0 Å². The number of allylic oxidation sites excluding steroid dienone is 4. The SMILES string of the molecule is CCCCCCCCCC#CC(=Nc1ccccc1CCCC=CCCCCCCCCCCCCCCCCCCCC)C(CCCC)=Nc1ccccc1CCCC=CCCCCCCCCCCCCCCCCCCCC.[Ni]. The van der Waals surface area contributed by atoms with E-state index in [0.29, 0.717) is 0 Å². The molecule has 0 radical (unpaired) electrons. The van der Waals surface area contributed by atoms with Gasteiger partial charge in [-0.15, -0.1) is 0 Å². The smallest absolute Gasteiger partial charge is 0.135 e. The van der Waals surface area contributed by atoms with Crippen molar-refractivity contribution in [3.05, 3.63) is 84.0 Å². The molecular weight excluding hydrogens is 1040 g/mol. The Morgan fingerprint density at radius 1 is 0.317 bits per heavy atom. The standard InChI is InChI=1S/C79H134N2.Ni/c1-5-9-13-16-19-22-24-26-28-30-32-34-36-38-40-42-44-46-48-51-53-56-59-66-74-68-62-64-71-76(74)80-78(70-12-8-4)79(73-61-58-55-50-21-18-15-11-7-3)81-77-72-65-63-69-75(77)67-60-57-54-52-49-47-45-43-41-39-37-35-33-31-29-27-25-23-20-17-14-10-6-2;/h51-54,62-65,68-69,71-72H,5-50,55-60,66-67,70H2,1-4H3;. The fourth-order valence-electron chi connectivity index (χ4n) is 11.6. The molecule has 0 aliphatic rings. The van der Waals surface area contributed by atoms with Gasteiger partial charge >= 0.3 is 0 Å². The number of hydrogen-bond acceptors (Lipinski definition) is 2. The zero-order chi connectivity index (χ0) is 57.7. The number of aliphatic imine (C=N–C) groups is 2. The maximum Gasteiger partial charge on any atom is 0.135 e. The zero-order valence-corrected chi connectivity index (χ0v) is 56.0. The van der Waals surface area contributed by atoms with Gasteiger partial charge in [0.1, 0.15) is 5.71 Å². The van der Waals surface area contributed by atoms with Gasteiger partial charge in [0.15, 0.2) is 0 Å². The Morgan fingerprint density at radius 2 is 0.598 bits per heavy atom. The second-order valence-electron chi connectivity index (χ2n) is 24.9. The van der Waals surface area contributed by atoms with Crippen LogP contribution in [0.25, 0.3) is 0 Å². The third-order valence-electron chi connectivity index (χ3n) is 17.0. The quantitative estimate of drug-likeness (QED) is 0.0207. The Morgan fingerprint density at radius 3 is 0.939 bits per heavy atom. The van der Waals surface area contributed by atoms with Gasteiger partial charge in [-0.25, -0.2) is 4.99 Å². The summed E-state index contributed by atoms with van der Waals surface area (Å²) in [6.07, 6.45) is 83.6. The molecule has 0 N–H and O–H groups in total. The number of rotatable bonds is 59. The van der Waals surface area contributed by atoms with Crippen LogP contribution in [0.3, 0.4) is 0 Å². The van der Waals surface area contributed by atoms with E-state index in [-0.39, 0.29) is 16.5 Å². The molecule has 2 rings (SSSR count). The van der Waals surface area contributed by atoms with Crippen molar-refractivity contribution >= 4 is 22.8 Å². The number of hydrogen-bond donors (Lipinski definition) is 0. The number of aryl methyl sites for hydroxylation is 2. The molecule has 3 heteroatoms. The summed E-state index contributed by atoms with van der Waals surface area (Å²) in [7, 11) is 0. The van der Waals surface area contributed by atoms with E-state index in [1.54, 1.807) is 0 Å². The summed E-state index contributed by atoms with van der Waals surface area (Å²) in [5.74, 6) is 7.26. The van der Waals surface area contributed by atoms with Crippen LogP contribution in [0.2, 0.25) is 0 Å². The summed E-state index contributed by atoms with van der Waals surface area (Å²) in [5, 5.41) is 0. The van der Waals surface area contributed by atoms with Gasteiger partial charge < -0.3 is 0 Å². The number of para-hydroxylation sites is 2. The van der Waals surface area contributed by atoms with E-state index in [1.807, 2.05) is 0 Å². The third kappa shape index (κ3) is 48.5. The van der Waals surface area contributed by atoms with Gasteiger partial charge in [-0.3, -0.25) is 4.99 Å². The summed E-state index contributed by atoms with van der Waals surface area (Å²) in [6, 6.07) is 17.7. The fourth-order valence-corrected chi connectivity index (χ4v) is 11.6. The molecule has 2 aromatic rings. The van der Waals surface area contributed by atoms with Crippen molar-refractivity contribution in [2.45, 2.75) is 381 Å². The maximum atomic E-state index is 5.51. The Balaban J connectivity index is 0.0000336. The van der Waals surface area contributed by atoms with Crippen molar-refractivity contribution in [2.24, 2.45) is 9.98 Å². The van der Waals surface area contributed by atoms with Gasteiger partial charge in [-0.05, 0) is 113 Å². The maximum absolute atomic E-state index is 5.51. The van der Waals surface area contributed by atoms with Crippen LogP contribution in [0, 0.1) is 11.8 Å². The van der Waals surface area contributed by atoms with Gasteiger partial charge in [-0.1, -0.05) is 358 Å². The molecule has 0 heterocycles. The minimum absolute atomic E-state index is 0. The van der Waals surface area contributed by atoms with Crippen LogP contribution in [-0.2, 0) is 29.3 Å². The normalized spacial score (nSPS) is 12.0. The predicted octanol–water partition coefficient (Wildman–Crippen LogP) is 27.5. The first-order valence-electron chi connectivity index (χ1n) is 36.3.